The monoisotopic (exact) mass is 559 g/mol. The Morgan fingerprint density at radius 1 is 1.00 bits per heavy atom. The van der Waals surface area contributed by atoms with Crippen molar-refractivity contribution in [2.24, 2.45) is 16.7 Å². The van der Waals surface area contributed by atoms with Gasteiger partial charge in [0.25, 0.3) is 0 Å². The molecule has 2 atom stereocenters. The van der Waals surface area contributed by atoms with Gasteiger partial charge in [0.2, 0.25) is 15.9 Å². The second-order valence-electron chi connectivity index (χ2n) is 10.9. The number of halogens is 3. The fourth-order valence-corrected chi connectivity index (χ4v) is 8.46. The van der Waals surface area contributed by atoms with E-state index in [0.717, 1.165) is 71.2 Å². The third-order valence-electron chi connectivity index (χ3n) is 9.03. The van der Waals surface area contributed by atoms with E-state index in [0.29, 0.717) is 29.8 Å². The van der Waals surface area contributed by atoms with Crippen LogP contribution < -0.4 is 0 Å². The molecule has 1 saturated carbocycles. The van der Waals surface area contributed by atoms with Gasteiger partial charge in [0.05, 0.1) is 10.3 Å². The molecule has 38 heavy (non-hydrogen) atoms. The highest BCUT2D eigenvalue weighted by atomic mass is 32.2. The quantitative estimate of drug-likeness (QED) is 0.607. The first kappa shape index (κ1) is 28.8. The van der Waals surface area contributed by atoms with Gasteiger partial charge in [-0.25, -0.2) is 13.2 Å². The summed E-state index contributed by atoms with van der Waals surface area (Å²) in [7, 11) is -3.44. The molecule has 4 fully saturated rings. The third kappa shape index (κ3) is 5.31. The Hall–Kier alpha value is -2.18. The molecule has 1 N–H and O–H groups in total. The number of piperidine rings is 1. The van der Waals surface area contributed by atoms with E-state index in [9.17, 15) is 26.4 Å². The molecule has 1 aliphatic carbocycles. The van der Waals surface area contributed by atoms with Crippen molar-refractivity contribution in [1.29, 1.82) is 0 Å². The number of sulfonamides is 1. The standard InChI is InChI=1S/C24H35N3O3S.C2HF3O2/c1-2-25-18-21-23(10-11-24(21,19-25)22(28)26-14-6-7-15-26)12-16-27(17-13-23)31(29,30)20-8-4-3-5-9-20;3-2(4,5)1(6)7/h3-5,8-9,21H,2,6-7,10-19H2,1H3;(H,6,7)/t21-,24+;/m0./s1. The topological polar surface area (TPSA) is 98.2 Å². The molecule has 4 aliphatic rings. The summed E-state index contributed by atoms with van der Waals surface area (Å²) in [5.74, 6) is -2.01. The van der Waals surface area contributed by atoms with Crippen LogP contribution in [0.2, 0.25) is 0 Å². The zero-order valence-electron chi connectivity index (χ0n) is 21.6. The Morgan fingerprint density at radius 2 is 1.58 bits per heavy atom. The SMILES string of the molecule is CCN1C[C@H]2C3(CCN(S(=O)(=O)c4ccccc4)CC3)CC[C@@]2(C(=O)N2CCCC2)C1.O=C(O)C(F)(F)F. The molecular formula is C26H36F3N3O5S. The first-order valence-electron chi connectivity index (χ1n) is 13.2. The van der Waals surface area contributed by atoms with E-state index in [-0.39, 0.29) is 10.8 Å². The first-order valence-corrected chi connectivity index (χ1v) is 14.7. The van der Waals surface area contributed by atoms with Gasteiger partial charge < -0.3 is 14.9 Å². The molecule has 0 radical (unpaired) electrons. The molecule has 1 spiro atoms. The van der Waals surface area contributed by atoms with E-state index < -0.39 is 22.2 Å². The number of likely N-dealkylation sites (tertiary alicyclic amines) is 2. The Labute approximate surface area is 221 Å². The van der Waals surface area contributed by atoms with Crippen LogP contribution in [-0.2, 0) is 19.6 Å². The third-order valence-corrected chi connectivity index (χ3v) is 10.9. The van der Waals surface area contributed by atoms with Crippen molar-refractivity contribution in [3.63, 3.8) is 0 Å². The van der Waals surface area contributed by atoms with Crippen molar-refractivity contribution in [3.05, 3.63) is 30.3 Å². The number of carboxylic acid groups (broad SMARTS) is 1. The Kier molecular flexibility index (Phi) is 8.17. The summed E-state index contributed by atoms with van der Waals surface area (Å²) < 4.78 is 59.6. The average Bonchev–Trinajstić information content (AvgIpc) is 3.62. The van der Waals surface area contributed by atoms with E-state index in [2.05, 4.69) is 16.7 Å². The molecule has 3 heterocycles. The molecule has 12 heteroatoms. The number of nitrogens with zero attached hydrogens (tertiary/aromatic N) is 3. The van der Waals surface area contributed by atoms with Crippen LogP contribution in [0.25, 0.3) is 0 Å². The summed E-state index contributed by atoms with van der Waals surface area (Å²) in [6.45, 7) is 8.00. The summed E-state index contributed by atoms with van der Waals surface area (Å²) in [5, 5.41) is 7.12. The minimum Gasteiger partial charge on any atom is -0.475 e. The predicted octanol–water partition coefficient (Wildman–Crippen LogP) is 3.45. The van der Waals surface area contributed by atoms with Crippen molar-refractivity contribution in [2.45, 2.75) is 56.5 Å². The van der Waals surface area contributed by atoms with Gasteiger partial charge in [-0.1, -0.05) is 25.1 Å². The summed E-state index contributed by atoms with van der Waals surface area (Å²) in [5.41, 5.74) is -0.150. The van der Waals surface area contributed by atoms with Crippen LogP contribution >= 0.6 is 0 Å². The van der Waals surface area contributed by atoms with E-state index >= 15 is 0 Å². The molecule has 0 aromatic heterocycles. The van der Waals surface area contributed by atoms with Crippen LogP contribution in [0.1, 0.15) is 45.4 Å². The van der Waals surface area contributed by atoms with Crippen molar-refractivity contribution in [1.82, 2.24) is 14.1 Å². The lowest BCUT2D eigenvalue weighted by molar-refractivity contribution is -0.192. The van der Waals surface area contributed by atoms with Crippen LogP contribution in [0.5, 0.6) is 0 Å². The average molecular weight is 560 g/mol. The highest BCUT2D eigenvalue weighted by Gasteiger charge is 2.65. The van der Waals surface area contributed by atoms with Crippen LogP contribution in [0.15, 0.2) is 35.2 Å². The van der Waals surface area contributed by atoms with Crippen LogP contribution in [0.3, 0.4) is 0 Å². The van der Waals surface area contributed by atoms with Gasteiger partial charge in [-0.3, -0.25) is 4.79 Å². The lowest BCUT2D eigenvalue weighted by atomic mass is 9.66. The highest BCUT2D eigenvalue weighted by Crippen LogP contribution is 2.62. The molecule has 3 saturated heterocycles. The number of rotatable bonds is 4. The van der Waals surface area contributed by atoms with Crippen LogP contribution in [-0.4, -0.2) is 91.5 Å². The molecule has 8 nitrogen and oxygen atoms in total. The maximum atomic E-state index is 13.7. The van der Waals surface area contributed by atoms with Gasteiger partial charge in [0, 0.05) is 39.3 Å². The zero-order valence-corrected chi connectivity index (χ0v) is 22.4. The summed E-state index contributed by atoms with van der Waals surface area (Å²) >= 11 is 0. The fraction of sp³-hybridized carbons (Fsp3) is 0.692. The number of hydrogen-bond acceptors (Lipinski definition) is 5. The normalized spacial score (nSPS) is 27.7. The molecule has 1 aromatic carbocycles. The maximum absolute atomic E-state index is 13.7. The molecule has 0 unspecified atom stereocenters. The number of benzene rings is 1. The van der Waals surface area contributed by atoms with Crippen LogP contribution in [0.4, 0.5) is 13.2 Å². The van der Waals surface area contributed by atoms with Gasteiger partial charge in [0.1, 0.15) is 0 Å². The number of aliphatic carboxylic acids is 1. The number of alkyl halides is 3. The molecule has 5 rings (SSSR count). The van der Waals surface area contributed by atoms with Gasteiger partial charge in [-0.2, -0.15) is 17.5 Å². The lowest BCUT2D eigenvalue weighted by Crippen LogP contribution is -2.50. The predicted molar refractivity (Wildman–Crippen MR) is 134 cm³/mol. The molecule has 1 aromatic rings. The molecule has 0 bridgehead atoms. The Balaban J connectivity index is 0.000000426. The van der Waals surface area contributed by atoms with Crippen molar-refractivity contribution >= 4 is 21.9 Å². The number of amides is 1. The molecular weight excluding hydrogens is 523 g/mol. The minimum absolute atomic E-state index is 0.0992. The zero-order chi connectivity index (χ0) is 27.8. The molecule has 1 amide bonds. The van der Waals surface area contributed by atoms with E-state index in [4.69, 9.17) is 9.90 Å². The molecule has 212 valence electrons. The lowest BCUT2D eigenvalue weighted by Gasteiger charge is -2.44. The highest BCUT2D eigenvalue weighted by molar-refractivity contribution is 7.89. The number of carboxylic acids is 1. The number of carbonyl (C=O) groups is 2. The van der Waals surface area contributed by atoms with Gasteiger partial charge in [-0.15, -0.1) is 0 Å². The van der Waals surface area contributed by atoms with E-state index in [1.807, 2.05) is 6.07 Å². The Bertz CT molecular complexity index is 1120. The smallest absolute Gasteiger partial charge is 0.475 e. The van der Waals surface area contributed by atoms with E-state index in [1.54, 1.807) is 28.6 Å². The number of carbonyl (C=O) groups excluding carboxylic acids is 1. The largest absolute Gasteiger partial charge is 0.490 e. The van der Waals surface area contributed by atoms with Crippen molar-refractivity contribution in [3.8, 4) is 0 Å². The van der Waals surface area contributed by atoms with Crippen molar-refractivity contribution in [2.75, 3.05) is 45.8 Å². The maximum Gasteiger partial charge on any atom is 0.490 e. The van der Waals surface area contributed by atoms with E-state index in [1.165, 1.54) is 0 Å². The summed E-state index contributed by atoms with van der Waals surface area (Å²) in [6.07, 6.45) is 0.943. The van der Waals surface area contributed by atoms with Crippen molar-refractivity contribution < 1.29 is 36.3 Å². The minimum atomic E-state index is -5.08. The molecule has 3 aliphatic heterocycles. The second kappa shape index (κ2) is 10.8. The fourth-order valence-electron chi connectivity index (χ4n) is 7.00. The Morgan fingerprint density at radius 3 is 2.11 bits per heavy atom. The second-order valence-corrected chi connectivity index (χ2v) is 12.9. The van der Waals surface area contributed by atoms with Gasteiger partial charge in [-0.05, 0) is 68.5 Å². The summed E-state index contributed by atoms with van der Waals surface area (Å²) in [4.78, 5) is 27.6. The van der Waals surface area contributed by atoms with Gasteiger partial charge >= 0.3 is 12.1 Å². The van der Waals surface area contributed by atoms with Gasteiger partial charge in [0.15, 0.2) is 0 Å². The number of hydrogen-bond donors (Lipinski definition) is 1. The summed E-state index contributed by atoms with van der Waals surface area (Å²) in [6, 6.07) is 8.78. The first-order chi connectivity index (χ1) is 17.9. The van der Waals surface area contributed by atoms with Crippen LogP contribution in [0, 0.1) is 16.7 Å². The number of fused-ring (bicyclic) bond motifs is 2.